The Morgan fingerprint density at radius 1 is 0.889 bits per heavy atom. The molecule has 27 heavy (non-hydrogen) atoms. The number of benzene rings is 2. The average Bonchev–Trinajstić information content (AvgIpc) is 3.29. The van der Waals surface area contributed by atoms with Crippen LogP contribution < -0.4 is 0 Å². The maximum Gasteiger partial charge on any atom is 0.277 e. The van der Waals surface area contributed by atoms with Crippen LogP contribution in [0.25, 0.3) is 22.9 Å². The van der Waals surface area contributed by atoms with E-state index in [-0.39, 0.29) is 0 Å². The van der Waals surface area contributed by atoms with E-state index in [4.69, 9.17) is 20.4 Å². The molecule has 8 heteroatoms. The summed E-state index contributed by atoms with van der Waals surface area (Å²) in [5.74, 6) is 1.76. The molecule has 4 rings (SSSR count). The summed E-state index contributed by atoms with van der Waals surface area (Å²) in [7, 11) is 0. The van der Waals surface area contributed by atoms with Crippen molar-refractivity contribution in [1.82, 2.24) is 20.4 Å². The van der Waals surface area contributed by atoms with Crippen LogP contribution in [-0.4, -0.2) is 20.4 Å². The van der Waals surface area contributed by atoms with Crippen LogP contribution in [-0.2, 0) is 5.75 Å². The van der Waals surface area contributed by atoms with Gasteiger partial charge in [0.15, 0.2) is 0 Å². The molecule has 0 N–H and O–H groups in total. The predicted octanol–water partition coefficient (Wildman–Crippen LogP) is 5.35. The monoisotopic (exact) mass is 398 g/mol. The minimum absolute atomic E-state index is 0.387. The molecule has 0 saturated heterocycles. The number of rotatable bonds is 5. The third-order valence-corrected chi connectivity index (χ3v) is 4.90. The minimum Gasteiger partial charge on any atom is -0.420 e. The quantitative estimate of drug-likeness (QED) is 0.419. The molecule has 4 aromatic rings. The van der Waals surface area contributed by atoms with Crippen LogP contribution >= 0.6 is 23.4 Å². The average molecular weight is 399 g/mol. The molecule has 0 bridgehead atoms. The van der Waals surface area contributed by atoms with Crippen LogP contribution in [0.4, 0.5) is 0 Å². The van der Waals surface area contributed by atoms with Gasteiger partial charge in [0.2, 0.25) is 17.7 Å². The first-order valence-electron chi connectivity index (χ1n) is 8.21. The molecule has 0 spiro atoms. The van der Waals surface area contributed by atoms with Gasteiger partial charge < -0.3 is 8.83 Å². The van der Waals surface area contributed by atoms with Crippen molar-refractivity contribution in [2.45, 2.75) is 24.8 Å². The first-order valence-corrected chi connectivity index (χ1v) is 9.57. The van der Waals surface area contributed by atoms with Gasteiger partial charge in [0.25, 0.3) is 5.22 Å². The molecule has 0 radical (unpaired) electrons. The molecular weight excluding hydrogens is 384 g/mol. The summed E-state index contributed by atoms with van der Waals surface area (Å²) in [6.07, 6.45) is 0. The lowest BCUT2D eigenvalue weighted by Gasteiger charge is -2.00. The summed E-state index contributed by atoms with van der Waals surface area (Å²) in [5, 5.41) is 17.3. The highest BCUT2D eigenvalue weighted by molar-refractivity contribution is 7.98. The Labute approximate surface area is 165 Å². The van der Waals surface area contributed by atoms with Crippen molar-refractivity contribution in [2.24, 2.45) is 0 Å². The molecule has 6 nitrogen and oxygen atoms in total. The van der Waals surface area contributed by atoms with Gasteiger partial charge in [-0.05, 0) is 38.1 Å². The summed E-state index contributed by atoms with van der Waals surface area (Å²) in [6, 6.07) is 13.5. The zero-order chi connectivity index (χ0) is 18.8. The minimum atomic E-state index is 0.387. The van der Waals surface area contributed by atoms with E-state index in [0.29, 0.717) is 39.2 Å². The van der Waals surface area contributed by atoms with E-state index in [1.807, 2.05) is 44.2 Å². The molecule has 0 fully saturated rings. The van der Waals surface area contributed by atoms with E-state index in [0.717, 1.165) is 16.7 Å². The topological polar surface area (TPSA) is 77.8 Å². The van der Waals surface area contributed by atoms with Crippen LogP contribution in [0.15, 0.2) is 56.5 Å². The van der Waals surface area contributed by atoms with E-state index < -0.39 is 0 Å². The van der Waals surface area contributed by atoms with Crippen molar-refractivity contribution < 1.29 is 8.83 Å². The molecule has 0 aliphatic heterocycles. The van der Waals surface area contributed by atoms with Gasteiger partial charge in [0.05, 0.1) is 16.3 Å². The van der Waals surface area contributed by atoms with Crippen molar-refractivity contribution >= 4 is 23.4 Å². The standard InChI is InChI=1S/C19H15ClN4O2S/c1-11-7-12(2)9-13(8-11)17-22-24-19(26-17)27-10-16-21-23-18(25-16)14-5-3-4-6-15(14)20/h3-9H,10H2,1-2H3. The SMILES string of the molecule is Cc1cc(C)cc(-c2nnc(SCc3nnc(-c4ccccc4Cl)o3)o2)c1. The number of halogens is 1. The Morgan fingerprint density at radius 3 is 2.41 bits per heavy atom. The number of hydrogen-bond donors (Lipinski definition) is 0. The van der Waals surface area contributed by atoms with Crippen molar-refractivity contribution in [3.05, 3.63) is 64.5 Å². The first-order chi connectivity index (χ1) is 13.1. The number of aryl methyl sites for hydroxylation is 2. The fourth-order valence-corrected chi connectivity index (χ4v) is 3.48. The van der Waals surface area contributed by atoms with Crippen molar-refractivity contribution in [3.8, 4) is 22.9 Å². The number of hydrogen-bond acceptors (Lipinski definition) is 7. The van der Waals surface area contributed by atoms with Crippen molar-refractivity contribution in [3.63, 3.8) is 0 Å². The summed E-state index contributed by atoms with van der Waals surface area (Å²) >= 11 is 7.50. The normalized spacial score (nSPS) is 11.1. The number of aromatic nitrogens is 4. The Kier molecular flexibility index (Phi) is 4.96. The molecule has 2 aromatic heterocycles. The summed E-state index contributed by atoms with van der Waals surface area (Å²) in [6.45, 7) is 4.07. The largest absolute Gasteiger partial charge is 0.420 e. The second-order valence-corrected chi connectivity index (χ2v) is 7.35. The van der Waals surface area contributed by atoms with E-state index in [1.165, 1.54) is 11.8 Å². The third-order valence-electron chi connectivity index (χ3n) is 3.77. The lowest BCUT2D eigenvalue weighted by atomic mass is 10.1. The van der Waals surface area contributed by atoms with Gasteiger partial charge in [0.1, 0.15) is 0 Å². The Balaban J connectivity index is 1.46. The number of nitrogens with zero attached hydrogens (tertiary/aromatic N) is 4. The zero-order valence-electron chi connectivity index (χ0n) is 14.6. The van der Waals surface area contributed by atoms with E-state index in [9.17, 15) is 0 Å². The van der Waals surface area contributed by atoms with Crippen LogP contribution in [0, 0.1) is 13.8 Å². The van der Waals surface area contributed by atoms with Gasteiger partial charge >= 0.3 is 0 Å². The number of thioether (sulfide) groups is 1. The van der Waals surface area contributed by atoms with Gasteiger partial charge in [-0.2, -0.15) is 0 Å². The third kappa shape index (κ3) is 4.04. The molecule has 0 aliphatic carbocycles. The molecule has 0 unspecified atom stereocenters. The highest BCUT2D eigenvalue weighted by atomic mass is 35.5. The van der Waals surface area contributed by atoms with Crippen molar-refractivity contribution in [1.29, 1.82) is 0 Å². The molecule has 2 heterocycles. The highest BCUT2D eigenvalue weighted by Crippen LogP contribution is 2.29. The smallest absolute Gasteiger partial charge is 0.277 e. The van der Waals surface area contributed by atoms with Gasteiger partial charge in [-0.1, -0.05) is 52.7 Å². The summed E-state index contributed by atoms with van der Waals surface area (Å²) < 4.78 is 11.4. The fourth-order valence-electron chi connectivity index (χ4n) is 2.66. The summed E-state index contributed by atoms with van der Waals surface area (Å²) in [4.78, 5) is 0. The Morgan fingerprint density at radius 2 is 1.63 bits per heavy atom. The molecule has 0 saturated carbocycles. The molecule has 136 valence electrons. The van der Waals surface area contributed by atoms with E-state index in [2.05, 4.69) is 26.5 Å². The molecule has 0 aliphatic rings. The zero-order valence-corrected chi connectivity index (χ0v) is 16.2. The van der Waals surface area contributed by atoms with Crippen LogP contribution in [0.3, 0.4) is 0 Å². The van der Waals surface area contributed by atoms with Gasteiger partial charge in [-0.3, -0.25) is 0 Å². The summed E-state index contributed by atoms with van der Waals surface area (Å²) in [5.41, 5.74) is 3.91. The fraction of sp³-hybridized carbons (Fsp3) is 0.158. The second-order valence-electron chi connectivity index (χ2n) is 6.02. The lowest BCUT2D eigenvalue weighted by Crippen LogP contribution is -1.82. The molecule has 0 atom stereocenters. The van der Waals surface area contributed by atoms with Crippen LogP contribution in [0.5, 0.6) is 0 Å². The highest BCUT2D eigenvalue weighted by Gasteiger charge is 2.14. The molecule has 0 amide bonds. The predicted molar refractivity (Wildman–Crippen MR) is 104 cm³/mol. The Hall–Kier alpha value is -2.64. The Bertz CT molecular complexity index is 1070. The maximum atomic E-state index is 6.16. The van der Waals surface area contributed by atoms with Crippen LogP contribution in [0.1, 0.15) is 17.0 Å². The van der Waals surface area contributed by atoms with Gasteiger partial charge in [-0.15, -0.1) is 20.4 Å². The lowest BCUT2D eigenvalue weighted by molar-refractivity contribution is 0.464. The second kappa shape index (κ2) is 7.54. The molecule has 2 aromatic carbocycles. The van der Waals surface area contributed by atoms with Gasteiger partial charge in [-0.25, -0.2) is 0 Å². The first kappa shape index (κ1) is 17.8. The maximum absolute atomic E-state index is 6.16. The molecular formula is C19H15ClN4O2S. The van der Waals surface area contributed by atoms with Crippen molar-refractivity contribution in [2.75, 3.05) is 0 Å². The van der Waals surface area contributed by atoms with E-state index >= 15 is 0 Å². The van der Waals surface area contributed by atoms with Crippen LogP contribution in [0.2, 0.25) is 5.02 Å². The van der Waals surface area contributed by atoms with Gasteiger partial charge in [0, 0.05) is 5.56 Å². The van der Waals surface area contributed by atoms with E-state index in [1.54, 1.807) is 6.07 Å².